The zero-order chi connectivity index (χ0) is 14.9. The highest BCUT2D eigenvalue weighted by Crippen LogP contribution is 2.28. The van der Waals surface area contributed by atoms with Crippen LogP contribution in [0, 0.1) is 5.92 Å². The number of nitrogens with one attached hydrogen (secondary N) is 1. The van der Waals surface area contributed by atoms with Crippen molar-refractivity contribution in [3.05, 3.63) is 23.7 Å². The summed E-state index contributed by atoms with van der Waals surface area (Å²) in [6.45, 7) is 0.932. The number of nitrogens with zero attached hydrogens (tertiary/aromatic N) is 2. The predicted molar refractivity (Wildman–Crippen MR) is 78.7 cm³/mol. The Morgan fingerprint density at radius 3 is 3.05 bits per heavy atom. The molecule has 1 saturated heterocycles. The van der Waals surface area contributed by atoms with Crippen molar-refractivity contribution in [3.8, 4) is 0 Å². The molecule has 21 heavy (non-hydrogen) atoms. The Bertz CT molecular complexity index is 611. The van der Waals surface area contributed by atoms with Gasteiger partial charge < -0.3 is 5.32 Å². The van der Waals surface area contributed by atoms with Crippen LogP contribution in [0.3, 0.4) is 0 Å². The predicted octanol–water partition coefficient (Wildman–Crippen LogP) is 3.59. The van der Waals surface area contributed by atoms with Crippen molar-refractivity contribution >= 4 is 27.2 Å². The van der Waals surface area contributed by atoms with Gasteiger partial charge in [0.25, 0.3) is 0 Å². The quantitative estimate of drug-likeness (QED) is 0.934. The van der Waals surface area contributed by atoms with Crippen molar-refractivity contribution in [3.63, 3.8) is 0 Å². The maximum absolute atomic E-state index is 12.4. The molecule has 7 heteroatoms. The maximum Gasteiger partial charge on any atom is 0.401 e. The number of thiophene rings is 1. The molecule has 2 aromatic heterocycles. The third-order valence-corrected chi connectivity index (χ3v) is 4.63. The molecular weight excluding hydrogens is 299 g/mol. The Hall–Kier alpha value is -1.34. The van der Waals surface area contributed by atoms with Crippen LogP contribution in [0.5, 0.6) is 0 Å². The molecule has 1 atom stereocenters. The molecule has 0 bridgehead atoms. The molecule has 2 aromatic rings. The zero-order valence-electron chi connectivity index (χ0n) is 11.4. The number of aromatic nitrogens is 1. The monoisotopic (exact) mass is 315 g/mol. The van der Waals surface area contributed by atoms with E-state index in [1.807, 2.05) is 17.5 Å². The Labute approximate surface area is 124 Å². The van der Waals surface area contributed by atoms with Crippen molar-refractivity contribution in [1.82, 2.24) is 9.88 Å². The molecule has 1 fully saturated rings. The second-order valence-corrected chi connectivity index (χ2v) is 6.30. The largest absolute Gasteiger partial charge is 0.401 e. The minimum atomic E-state index is -4.10. The molecule has 0 amide bonds. The second kappa shape index (κ2) is 5.81. The van der Waals surface area contributed by atoms with Crippen LogP contribution in [-0.4, -0.2) is 42.2 Å². The first kappa shape index (κ1) is 14.6. The molecule has 1 N–H and O–H groups in total. The lowest BCUT2D eigenvalue weighted by Crippen LogP contribution is -2.33. The van der Waals surface area contributed by atoms with E-state index in [0.29, 0.717) is 19.6 Å². The molecule has 0 spiro atoms. The minimum Gasteiger partial charge on any atom is -0.383 e. The fourth-order valence-electron chi connectivity index (χ4n) is 2.74. The maximum atomic E-state index is 12.4. The van der Waals surface area contributed by atoms with E-state index in [0.717, 1.165) is 22.3 Å². The van der Waals surface area contributed by atoms with Gasteiger partial charge in [0.2, 0.25) is 0 Å². The van der Waals surface area contributed by atoms with Crippen LogP contribution >= 0.6 is 11.3 Å². The molecule has 3 nitrogen and oxygen atoms in total. The van der Waals surface area contributed by atoms with Crippen LogP contribution in [-0.2, 0) is 0 Å². The topological polar surface area (TPSA) is 28.2 Å². The van der Waals surface area contributed by atoms with E-state index < -0.39 is 12.7 Å². The molecule has 1 unspecified atom stereocenters. The number of halogens is 3. The summed E-state index contributed by atoms with van der Waals surface area (Å²) in [6, 6.07) is 3.88. The van der Waals surface area contributed by atoms with Gasteiger partial charge >= 0.3 is 6.18 Å². The number of alkyl halides is 3. The summed E-state index contributed by atoms with van der Waals surface area (Å²) in [6.07, 6.45) is -1.54. The van der Waals surface area contributed by atoms with E-state index in [1.54, 1.807) is 17.5 Å². The molecule has 114 valence electrons. The Morgan fingerprint density at radius 1 is 1.38 bits per heavy atom. The molecule has 0 saturated carbocycles. The van der Waals surface area contributed by atoms with Gasteiger partial charge in [0.15, 0.2) is 0 Å². The summed E-state index contributed by atoms with van der Waals surface area (Å²) in [7, 11) is 0. The molecule has 0 aliphatic carbocycles. The first-order valence-electron chi connectivity index (χ1n) is 6.86. The Kier molecular flexibility index (Phi) is 4.03. The fourth-order valence-corrected chi connectivity index (χ4v) is 3.59. The fraction of sp³-hybridized carbons (Fsp3) is 0.500. The summed E-state index contributed by atoms with van der Waals surface area (Å²) < 4.78 is 38.2. The third kappa shape index (κ3) is 3.65. The molecule has 3 heterocycles. The van der Waals surface area contributed by atoms with Crippen LogP contribution in [0.2, 0.25) is 0 Å². The van der Waals surface area contributed by atoms with Crippen LogP contribution in [0.1, 0.15) is 6.42 Å². The molecule has 0 aromatic carbocycles. The smallest absolute Gasteiger partial charge is 0.383 e. The van der Waals surface area contributed by atoms with Crippen molar-refractivity contribution in [1.29, 1.82) is 0 Å². The molecule has 1 aliphatic rings. The van der Waals surface area contributed by atoms with Crippen molar-refractivity contribution in [2.24, 2.45) is 5.92 Å². The number of anilines is 1. The van der Waals surface area contributed by atoms with Gasteiger partial charge in [-0.15, -0.1) is 11.3 Å². The lowest BCUT2D eigenvalue weighted by Gasteiger charge is -2.18. The standard InChI is InChI=1S/C14H16F3N3S/c15-14(16,17)9-20-5-2-10(8-20)7-19-11-1-4-18-12-3-6-21-13(11)12/h1,3-4,6,10H,2,5,7-9H2,(H,18,19). The highest BCUT2D eigenvalue weighted by Gasteiger charge is 2.34. The number of likely N-dealkylation sites (tertiary alicyclic amines) is 1. The third-order valence-electron chi connectivity index (χ3n) is 3.70. The van der Waals surface area contributed by atoms with Crippen molar-refractivity contribution in [2.75, 3.05) is 31.5 Å². The Balaban J connectivity index is 1.56. The summed E-state index contributed by atoms with van der Waals surface area (Å²) in [4.78, 5) is 5.76. The summed E-state index contributed by atoms with van der Waals surface area (Å²) in [5.74, 6) is 0.260. The molecule has 1 aliphatic heterocycles. The van der Waals surface area contributed by atoms with Gasteiger partial charge in [-0.25, -0.2) is 0 Å². The van der Waals surface area contributed by atoms with Crippen LogP contribution < -0.4 is 5.32 Å². The molecule has 3 rings (SSSR count). The lowest BCUT2D eigenvalue weighted by molar-refractivity contribution is -0.143. The second-order valence-electron chi connectivity index (χ2n) is 5.38. The number of fused-ring (bicyclic) bond motifs is 1. The highest BCUT2D eigenvalue weighted by atomic mass is 32.1. The van der Waals surface area contributed by atoms with Gasteiger partial charge in [0.05, 0.1) is 22.4 Å². The van der Waals surface area contributed by atoms with E-state index in [-0.39, 0.29) is 5.92 Å². The minimum absolute atomic E-state index is 0.260. The van der Waals surface area contributed by atoms with Gasteiger partial charge in [0.1, 0.15) is 0 Å². The van der Waals surface area contributed by atoms with Crippen LogP contribution in [0.15, 0.2) is 23.7 Å². The Morgan fingerprint density at radius 2 is 2.24 bits per heavy atom. The van der Waals surface area contributed by atoms with E-state index >= 15 is 0 Å². The molecule has 0 radical (unpaired) electrons. The summed E-state index contributed by atoms with van der Waals surface area (Å²) in [5, 5.41) is 5.35. The van der Waals surface area contributed by atoms with Gasteiger partial charge in [-0.2, -0.15) is 13.2 Å². The summed E-state index contributed by atoms with van der Waals surface area (Å²) >= 11 is 1.62. The average molecular weight is 315 g/mol. The van der Waals surface area contributed by atoms with E-state index in [4.69, 9.17) is 0 Å². The van der Waals surface area contributed by atoms with Crippen LogP contribution in [0.4, 0.5) is 18.9 Å². The van der Waals surface area contributed by atoms with Gasteiger partial charge in [-0.3, -0.25) is 9.88 Å². The number of hydrogen-bond donors (Lipinski definition) is 1. The molecular formula is C14H16F3N3S. The summed E-state index contributed by atoms with van der Waals surface area (Å²) in [5.41, 5.74) is 1.97. The first-order valence-corrected chi connectivity index (χ1v) is 7.74. The zero-order valence-corrected chi connectivity index (χ0v) is 12.2. The van der Waals surface area contributed by atoms with Crippen molar-refractivity contribution in [2.45, 2.75) is 12.6 Å². The van der Waals surface area contributed by atoms with Crippen LogP contribution in [0.25, 0.3) is 10.2 Å². The SMILES string of the molecule is FC(F)(F)CN1CCC(CNc2ccnc3ccsc23)C1. The lowest BCUT2D eigenvalue weighted by atomic mass is 10.1. The average Bonchev–Trinajstić information content (AvgIpc) is 3.03. The van der Waals surface area contributed by atoms with E-state index in [2.05, 4.69) is 10.3 Å². The number of pyridine rings is 1. The normalized spacial score (nSPS) is 20.2. The van der Waals surface area contributed by atoms with E-state index in [1.165, 1.54) is 4.90 Å². The number of hydrogen-bond acceptors (Lipinski definition) is 4. The van der Waals surface area contributed by atoms with Gasteiger partial charge in [-0.1, -0.05) is 0 Å². The highest BCUT2D eigenvalue weighted by molar-refractivity contribution is 7.17. The van der Waals surface area contributed by atoms with Gasteiger partial charge in [-0.05, 0) is 36.4 Å². The van der Waals surface area contributed by atoms with Crippen molar-refractivity contribution < 1.29 is 13.2 Å². The number of rotatable bonds is 4. The first-order chi connectivity index (χ1) is 10.0. The van der Waals surface area contributed by atoms with E-state index in [9.17, 15) is 13.2 Å². The van der Waals surface area contributed by atoms with Gasteiger partial charge in [0, 0.05) is 19.3 Å².